The second kappa shape index (κ2) is 8.43. The molecule has 0 aliphatic rings. The predicted molar refractivity (Wildman–Crippen MR) is 108 cm³/mol. The van der Waals surface area contributed by atoms with Crippen LogP contribution in [0.4, 0.5) is 5.95 Å². The molecule has 0 fully saturated rings. The summed E-state index contributed by atoms with van der Waals surface area (Å²) in [6, 6.07) is 17.5. The number of para-hydroxylation sites is 1. The van der Waals surface area contributed by atoms with Gasteiger partial charge in [-0.2, -0.15) is 5.10 Å². The van der Waals surface area contributed by atoms with Gasteiger partial charge in [0.25, 0.3) is 5.56 Å². The van der Waals surface area contributed by atoms with Crippen LogP contribution < -0.4 is 11.0 Å². The standard InChI is InChI=1S/C21H24N4O/c1-3-5-14-18(16-11-7-6-8-12-16)23-24-21-22-19-15-10-9-13-17(19)20(26)25(21)4-2/h6-13,15H,3-5,14H2,1-2H3,(H,22,24)/b23-18-. The summed E-state index contributed by atoms with van der Waals surface area (Å²) in [7, 11) is 0. The van der Waals surface area contributed by atoms with Gasteiger partial charge in [0, 0.05) is 6.54 Å². The van der Waals surface area contributed by atoms with Crippen LogP contribution >= 0.6 is 0 Å². The van der Waals surface area contributed by atoms with Crippen molar-refractivity contribution in [2.45, 2.75) is 39.7 Å². The van der Waals surface area contributed by atoms with E-state index in [9.17, 15) is 4.79 Å². The van der Waals surface area contributed by atoms with E-state index >= 15 is 0 Å². The lowest BCUT2D eigenvalue weighted by molar-refractivity contribution is 0.724. The van der Waals surface area contributed by atoms with E-state index in [1.807, 2.05) is 43.3 Å². The average Bonchev–Trinajstić information content (AvgIpc) is 2.69. The third kappa shape index (κ3) is 3.82. The van der Waals surface area contributed by atoms with E-state index in [2.05, 4.69) is 34.6 Å². The minimum Gasteiger partial charge on any atom is -0.277 e. The summed E-state index contributed by atoms with van der Waals surface area (Å²) in [5.74, 6) is 0.473. The summed E-state index contributed by atoms with van der Waals surface area (Å²) >= 11 is 0. The van der Waals surface area contributed by atoms with Crippen LogP contribution in [0.5, 0.6) is 0 Å². The lowest BCUT2D eigenvalue weighted by Crippen LogP contribution is -2.23. The minimum atomic E-state index is -0.0504. The summed E-state index contributed by atoms with van der Waals surface area (Å²) in [5, 5.41) is 5.23. The van der Waals surface area contributed by atoms with Crippen LogP contribution in [0.1, 0.15) is 38.7 Å². The van der Waals surface area contributed by atoms with E-state index in [4.69, 9.17) is 0 Å². The SMILES string of the molecule is CCCC/C(=N/Nc1nc2ccccc2c(=O)n1CC)c1ccccc1. The molecule has 0 spiro atoms. The fraction of sp³-hybridized carbons (Fsp3) is 0.286. The number of aromatic nitrogens is 2. The van der Waals surface area contributed by atoms with Gasteiger partial charge in [0.15, 0.2) is 0 Å². The quantitative estimate of drug-likeness (QED) is 0.508. The molecule has 5 nitrogen and oxygen atoms in total. The minimum absolute atomic E-state index is 0.0504. The van der Waals surface area contributed by atoms with Crippen molar-refractivity contribution < 1.29 is 0 Å². The number of anilines is 1. The molecule has 2 aromatic carbocycles. The van der Waals surface area contributed by atoms with Crippen molar-refractivity contribution in [3.8, 4) is 0 Å². The Kier molecular flexibility index (Phi) is 5.79. The van der Waals surface area contributed by atoms with Gasteiger partial charge in [-0.25, -0.2) is 10.4 Å². The molecule has 0 bridgehead atoms. The predicted octanol–water partition coefficient (Wildman–Crippen LogP) is 4.42. The molecule has 26 heavy (non-hydrogen) atoms. The number of unbranched alkanes of at least 4 members (excludes halogenated alkanes) is 1. The molecule has 0 amide bonds. The number of fused-ring (bicyclic) bond motifs is 1. The molecule has 1 heterocycles. The van der Waals surface area contributed by atoms with E-state index in [1.165, 1.54) is 0 Å². The lowest BCUT2D eigenvalue weighted by Gasteiger charge is -2.12. The number of nitrogens with zero attached hydrogens (tertiary/aromatic N) is 3. The highest BCUT2D eigenvalue weighted by Crippen LogP contribution is 2.13. The van der Waals surface area contributed by atoms with Crippen LogP contribution in [0.15, 0.2) is 64.5 Å². The molecule has 1 N–H and O–H groups in total. The van der Waals surface area contributed by atoms with Crippen LogP contribution in [0.2, 0.25) is 0 Å². The number of hydrogen-bond acceptors (Lipinski definition) is 4. The number of hydrogen-bond donors (Lipinski definition) is 1. The van der Waals surface area contributed by atoms with Gasteiger partial charge in [0.05, 0.1) is 16.6 Å². The van der Waals surface area contributed by atoms with Crippen LogP contribution in [0, 0.1) is 0 Å². The van der Waals surface area contributed by atoms with Crippen molar-refractivity contribution in [3.05, 3.63) is 70.5 Å². The smallest absolute Gasteiger partial charge is 0.262 e. The van der Waals surface area contributed by atoms with E-state index in [-0.39, 0.29) is 5.56 Å². The van der Waals surface area contributed by atoms with Gasteiger partial charge in [0.2, 0.25) is 5.95 Å². The van der Waals surface area contributed by atoms with Crippen molar-refractivity contribution >= 4 is 22.6 Å². The Morgan fingerprint density at radius 1 is 1.08 bits per heavy atom. The van der Waals surface area contributed by atoms with Crippen molar-refractivity contribution in [3.63, 3.8) is 0 Å². The summed E-state index contributed by atoms with van der Waals surface area (Å²) in [4.78, 5) is 17.3. The molecule has 0 saturated carbocycles. The average molecular weight is 348 g/mol. The number of nitrogens with one attached hydrogen (secondary N) is 1. The van der Waals surface area contributed by atoms with E-state index in [0.29, 0.717) is 23.4 Å². The molecule has 134 valence electrons. The Bertz CT molecular complexity index is 961. The zero-order valence-electron chi connectivity index (χ0n) is 15.3. The molecule has 0 atom stereocenters. The highest BCUT2D eigenvalue weighted by atomic mass is 16.1. The summed E-state index contributed by atoms with van der Waals surface area (Å²) in [5.41, 5.74) is 5.72. The number of hydrazone groups is 1. The summed E-state index contributed by atoms with van der Waals surface area (Å²) in [6.07, 6.45) is 3.03. The molecule has 0 unspecified atom stereocenters. The summed E-state index contributed by atoms with van der Waals surface area (Å²) < 4.78 is 1.62. The molecular weight excluding hydrogens is 324 g/mol. The zero-order chi connectivity index (χ0) is 18.4. The normalized spacial score (nSPS) is 11.7. The first-order chi connectivity index (χ1) is 12.7. The van der Waals surface area contributed by atoms with Gasteiger partial charge in [-0.1, -0.05) is 55.8 Å². The molecule has 3 aromatic rings. The van der Waals surface area contributed by atoms with E-state index in [0.717, 1.165) is 30.5 Å². The van der Waals surface area contributed by atoms with Crippen LogP contribution in [-0.4, -0.2) is 15.3 Å². The largest absolute Gasteiger partial charge is 0.277 e. The maximum Gasteiger partial charge on any atom is 0.262 e. The molecule has 0 radical (unpaired) electrons. The van der Waals surface area contributed by atoms with Gasteiger partial charge >= 0.3 is 0 Å². The van der Waals surface area contributed by atoms with Crippen LogP contribution in [0.3, 0.4) is 0 Å². The molecular formula is C21H24N4O. The van der Waals surface area contributed by atoms with Crippen molar-refractivity contribution in [2.24, 2.45) is 5.10 Å². The van der Waals surface area contributed by atoms with Gasteiger partial charge in [0.1, 0.15) is 0 Å². The maximum atomic E-state index is 12.7. The maximum absolute atomic E-state index is 12.7. The first kappa shape index (κ1) is 17.9. The Labute approximate surface area is 153 Å². The van der Waals surface area contributed by atoms with E-state index < -0.39 is 0 Å². The first-order valence-corrected chi connectivity index (χ1v) is 9.12. The molecule has 0 aliphatic carbocycles. The Hall–Kier alpha value is -2.95. The molecule has 0 aliphatic heterocycles. The van der Waals surface area contributed by atoms with Crippen LogP contribution in [-0.2, 0) is 6.54 Å². The molecule has 0 saturated heterocycles. The van der Waals surface area contributed by atoms with Gasteiger partial charge in [-0.05, 0) is 37.5 Å². The monoisotopic (exact) mass is 348 g/mol. The lowest BCUT2D eigenvalue weighted by atomic mass is 10.1. The Morgan fingerprint density at radius 2 is 1.81 bits per heavy atom. The fourth-order valence-corrected chi connectivity index (χ4v) is 2.90. The molecule has 5 heteroatoms. The molecule has 3 rings (SSSR count). The first-order valence-electron chi connectivity index (χ1n) is 9.12. The van der Waals surface area contributed by atoms with Crippen LogP contribution in [0.25, 0.3) is 10.9 Å². The second-order valence-electron chi connectivity index (χ2n) is 6.14. The number of benzene rings is 2. The zero-order valence-corrected chi connectivity index (χ0v) is 15.3. The van der Waals surface area contributed by atoms with Gasteiger partial charge in [-0.3, -0.25) is 9.36 Å². The topological polar surface area (TPSA) is 59.3 Å². The van der Waals surface area contributed by atoms with Crippen molar-refractivity contribution in [1.82, 2.24) is 9.55 Å². The van der Waals surface area contributed by atoms with Gasteiger partial charge in [-0.15, -0.1) is 0 Å². The highest BCUT2D eigenvalue weighted by molar-refractivity contribution is 6.00. The van der Waals surface area contributed by atoms with Crippen molar-refractivity contribution in [2.75, 3.05) is 5.43 Å². The summed E-state index contributed by atoms with van der Waals surface area (Å²) in [6.45, 7) is 4.63. The van der Waals surface area contributed by atoms with E-state index in [1.54, 1.807) is 10.6 Å². The Morgan fingerprint density at radius 3 is 2.54 bits per heavy atom. The fourth-order valence-electron chi connectivity index (χ4n) is 2.90. The second-order valence-corrected chi connectivity index (χ2v) is 6.14. The Balaban J connectivity index is 2.00. The third-order valence-electron chi connectivity index (χ3n) is 4.34. The molecule has 1 aromatic heterocycles. The number of rotatable bonds is 7. The third-order valence-corrected chi connectivity index (χ3v) is 4.34. The van der Waals surface area contributed by atoms with Gasteiger partial charge < -0.3 is 0 Å². The van der Waals surface area contributed by atoms with Crippen molar-refractivity contribution in [1.29, 1.82) is 0 Å². The highest BCUT2D eigenvalue weighted by Gasteiger charge is 2.10.